The molecule has 0 atom stereocenters. The molecule has 0 aromatic heterocycles. The Morgan fingerprint density at radius 1 is 1.20 bits per heavy atom. The molecule has 1 saturated carbocycles. The molecule has 20 heavy (non-hydrogen) atoms. The monoisotopic (exact) mass is 295 g/mol. The maximum atomic E-state index is 6.71. The van der Waals surface area contributed by atoms with Crippen molar-refractivity contribution in [2.24, 2.45) is 5.73 Å². The first-order valence-electron chi connectivity index (χ1n) is 7.56. The third kappa shape index (κ3) is 2.27. The average Bonchev–Trinajstić information content (AvgIpc) is 2.46. The van der Waals surface area contributed by atoms with E-state index in [1.807, 2.05) is 6.07 Å². The van der Waals surface area contributed by atoms with Gasteiger partial charge in [0.05, 0.1) is 0 Å². The van der Waals surface area contributed by atoms with E-state index in [1.54, 1.807) is 0 Å². The van der Waals surface area contributed by atoms with Crippen molar-refractivity contribution >= 4 is 11.6 Å². The molecule has 1 aromatic carbocycles. The summed E-state index contributed by atoms with van der Waals surface area (Å²) in [5.41, 5.74) is 8.63. The number of nitrogens with two attached hydrogens (primary N) is 1. The number of hydrogen-bond acceptors (Lipinski definition) is 3. The molecule has 3 nitrogen and oxygen atoms in total. The quantitative estimate of drug-likeness (QED) is 0.903. The second-order valence-electron chi connectivity index (χ2n) is 5.81. The summed E-state index contributed by atoms with van der Waals surface area (Å²) in [7, 11) is 0. The lowest BCUT2D eigenvalue weighted by molar-refractivity contribution is 0.169. The molecule has 110 valence electrons. The van der Waals surface area contributed by atoms with Gasteiger partial charge in [-0.15, -0.1) is 0 Å². The Morgan fingerprint density at radius 2 is 1.90 bits per heavy atom. The first-order valence-corrected chi connectivity index (χ1v) is 7.94. The summed E-state index contributed by atoms with van der Waals surface area (Å²) in [5, 5.41) is 0.732. The summed E-state index contributed by atoms with van der Waals surface area (Å²) < 4.78 is 11.5. The number of ether oxygens (including phenoxy) is 2. The van der Waals surface area contributed by atoms with Crippen LogP contribution in [0.1, 0.15) is 50.2 Å². The molecule has 1 aliphatic carbocycles. The number of benzene rings is 1. The molecule has 4 heteroatoms. The molecule has 2 aliphatic rings. The highest BCUT2D eigenvalue weighted by Crippen LogP contribution is 2.47. The standard InChI is InChI=1S/C16H22ClNO2/c1-2-11-14(16(18)6-4-3-5-7-16)12(17)10-13-15(11)20-9-8-19-13/h10H,2-9,18H2,1H3. The summed E-state index contributed by atoms with van der Waals surface area (Å²) in [6.45, 7) is 3.30. The fraction of sp³-hybridized carbons (Fsp3) is 0.625. The third-order valence-corrected chi connectivity index (χ3v) is 4.78. The van der Waals surface area contributed by atoms with Crippen LogP contribution in [0.15, 0.2) is 6.07 Å². The van der Waals surface area contributed by atoms with E-state index in [1.165, 1.54) is 19.3 Å². The molecule has 0 bridgehead atoms. The minimum absolute atomic E-state index is 0.309. The number of rotatable bonds is 2. The Morgan fingerprint density at radius 3 is 2.60 bits per heavy atom. The minimum Gasteiger partial charge on any atom is -0.486 e. The van der Waals surface area contributed by atoms with Gasteiger partial charge in [0.15, 0.2) is 11.5 Å². The van der Waals surface area contributed by atoms with Gasteiger partial charge in [-0.25, -0.2) is 0 Å². The third-order valence-electron chi connectivity index (χ3n) is 4.48. The van der Waals surface area contributed by atoms with Gasteiger partial charge in [0.1, 0.15) is 13.2 Å². The summed E-state index contributed by atoms with van der Waals surface area (Å²) in [5.74, 6) is 1.62. The first-order chi connectivity index (χ1) is 9.65. The molecule has 0 unspecified atom stereocenters. The van der Waals surface area contributed by atoms with E-state index < -0.39 is 0 Å². The molecular formula is C16H22ClNO2. The smallest absolute Gasteiger partial charge is 0.164 e. The molecule has 1 aromatic rings. The van der Waals surface area contributed by atoms with Crippen molar-refractivity contribution in [3.63, 3.8) is 0 Å². The molecule has 1 aliphatic heterocycles. The Bertz CT molecular complexity index is 510. The van der Waals surface area contributed by atoms with Gasteiger partial charge in [-0.3, -0.25) is 0 Å². The zero-order valence-electron chi connectivity index (χ0n) is 12.0. The van der Waals surface area contributed by atoms with Crippen molar-refractivity contribution in [3.05, 3.63) is 22.2 Å². The lowest BCUT2D eigenvalue weighted by Gasteiger charge is -2.37. The van der Waals surface area contributed by atoms with E-state index in [9.17, 15) is 0 Å². The van der Waals surface area contributed by atoms with Gasteiger partial charge < -0.3 is 15.2 Å². The highest BCUT2D eigenvalue weighted by atomic mass is 35.5. The molecule has 1 fully saturated rings. The van der Waals surface area contributed by atoms with Crippen molar-refractivity contribution in [2.75, 3.05) is 13.2 Å². The Balaban J connectivity index is 2.14. The summed E-state index contributed by atoms with van der Waals surface area (Å²) in [6, 6.07) is 1.88. The van der Waals surface area contributed by atoms with Gasteiger partial charge in [-0.2, -0.15) is 0 Å². The van der Waals surface area contributed by atoms with Crippen molar-refractivity contribution in [3.8, 4) is 11.5 Å². The Hall–Kier alpha value is -0.930. The van der Waals surface area contributed by atoms with Crippen LogP contribution in [-0.2, 0) is 12.0 Å². The molecule has 0 saturated heterocycles. The second-order valence-corrected chi connectivity index (χ2v) is 6.21. The van der Waals surface area contributed by atoms with E-state index in [0.717, 1.165) is 46.9 Å². The molecular weight excluding hydrogens is 274 g/mol. The van der Waals surface area contributed by atoms with Gasteiger partial charge in [-0.05, 0) is 24.8 Å². The summed E-state index contributed by atoms with van der Waals surface area (Å²) >= 11 is 6.55. The van der Waals surface area contributed by atoms with E-state index in [2.05, 4.69) is 6.92 Å². The number of halogens is 1. The van der Waals surface area contributed by atoms with Gasteiger partial charge >= 0.3 is 0 Å². The van der Waals surface area contributed by atoms with Crippen LogP contribution in [0, 0.1) is 0 Å². The van der Waals surface area contributed by atoms with E-state index in [-0.39, 0.29) is 5.54 Å². The van der Waals surface area contributed by atoms with Gasteiger partial charge in [-0.1, -0.05) is 37.8 Å². The summed E-state index contributed by atoms with van der Waals surface area (Å²) in [4.78, 5) is 0. The molecule has 2 N–H and O–H groups in total. The van der Waals surface area contributed by atoms with Crippen LogP contribution in [0.2, 0.25) is 5.02 Å². The van der Waals surface area contributed by atoms with Crippen LogP contribution >= 0.6 is 11.6 Å². The largest absolute Gasteiger partial charge is 0.486 e. The fourth-order valence-electron chi connectivity index (χ4n) is 3.53. The minimum atomic E-state index is -0.309. The van der Waals surface area contributed by atoms with Crippen molar-refractivity contribution in [1.29, 1.82) is 0 Å². The van der Waals surface area contributed by atoms with Crippen LogP contribution in [0.25, 0.3) is 0 Å². The highest BCUT2D eigenvalue weighted by molar-refractivity contribution is 6.31. The molecule has 0 amide bonds. The topological polar surface area (TPSA) is 44.5 Å². The number of fused-ring (bicyclic) bond motifs is 1. The maximum Gasteiger partial charge on any atom is 0.164 e. The van der Waals surface area contributed by atoms with E-state index >= 15 is 0 Å². The first kappa shape index (κ1) is 14.0. The fourth-order valence-corrected chi connectivity index (χ4v) is 3.93. The predicted octanol–water partition coefficient (Wildman–Crippen LogP) is 3.79. The Kier molecular flexibility index (Phi) is 3.83. The molecule has 3 rings (SSSR count). The van der Waals surface area contributed by atoms with Crippen molar-refractivity contribution < 1.29 is 9.47 Å². The van der Waals surface area contributed by atoms with Crippen molar-refractivity contribution in [2.45, 2.75) is 51.0 Å². The average molecular weight is 296 g/mol. The second kappa shape index (κ2) is 5.45. The van der Waals surface area contributed by atoms with Crippen LogP contribution in [-0.4, -0.2) is 13.2 Å². The Labute approximate surface area is 125 Å². The number of hydrogen-bond donors (Lipinski definition) is 1. The molecule has 0 spiro atoms. The molecule has 0 radical (unpaired) electrons. The van der Waals surface area contributed by atoms with E-state index in [4.69, 9.17) is 26.8 Å². The van der Waals surface area contributed by atoms with Crippen LogP contribution in [0.4, 0.5) is 0 Å². The SMILES string of the molecule is CCc1c2c(cc(Cl)c1C1(N)CCCCC1)OCCO2. The van der Waals surface area contributed by atoms with Crippen LogP contribution < -0.4 is 15.2 Å². The van der Waals surface area contributed by atoms with Crippen LogP contribution in [0.3, 0.4) is 0 Å². The van der Waals surface area contributed by atoms with Crippen LogP contribution in [0.5, 0.6) is 11.5 Å². The molecule has 1 heterocycles. The maximum absolute atomic E-state index is 6.71. The zero-order chi connectivity index (χ0) is 14.2. The van der Waals surface area contributed by atoms with Gasteiger partial charge in [0.25, 0.3) is 0 Å². The van der Waals surface area contributed by atoms with Gasteiger partial charge in [0.2, 0.25) is 0 Å². The van der Waals surface area contributed by atoms with Gasteiger partial charge in [0, 0.05) is 22.2 Å². The summed E-state index contributed by atoms with van der Waals surface area (Å²) in [6.07, 6.45) is 6.47. The zero-order valence-corrected chi connectivity index (χ0v) is 12.8. The highest BCUT2D eigenvalue weighted by Gasteiger charge is 2.35. The normalized spacial score (nSPS) is 20.8. The van der Waals surface area contributed by atoms with E-state index in [0.29, 0.717) is 13.2 Å². The predicted molar refractivity (Wildman–Crippen MR) is 80.8 cm³/mol. The van der Waals surface area contributed by atoms with Crippen molar-refractivity contribution in [1.82, 2.24) is 0 Å². The lowest BCUT2D eigenvalue weighted by atomic mass is 9.75. The lowest BCUT2D eigenvalue weighted by Crippen LogP contribution is -2.40.